The summed E-state index contributed by atoms with van der Waals surface area (Å²) >= 11 is 9.74. The van der Waals surface area contributed by atoms with Gasteiger partial charge in [-0.3, -0.25) is 9.59 Å². The van der Waals surface area contributed by atoms with Crippen LogP contribution in [-0.4, -0.2) is 48.3 Å². The fourth-order valence-electron chi connectivity index (χ4n) is 1.22. The number of nitrogens with one attached hydrogen (secondary N) is 4. The number of rotatable bonds is 8. The summed E-state index contributed by atoms with van der Waals surface area (Å²) in [6.07, 6.45) is 0.367. The maximum absolute atomic E-state index is 11.4. The zero-order valence-corrected chi connectivity index (χ0v) is 13.9. The predicted molar refractivity (Wildman–Crippen MR) is 88.9 cm³/mol. The Hall–Kier alpha value is -1.32. The molecule has 0 rings (SSSR count). The molecular formula is C12H22N4O3S2. The van der Waals surface area contributed by atoms with E-state index in [2.05, 4.69) is 21.3 Å². The second kappa shape index (κ2) is 12.4. The number of hydrogen-bond donors (Lipinski definition) is 4. The Morgan fingerprint density at radius 1 is 0.857 bits per heavy atom. The van der Waals surface area contributed by atoms with Crippen molar-refractivity contribution in [3.63, 3.8) is 0 Å². The number of amides is 2. The van der Waals surface area contributed by atoms with Crippen LogP contribution in [0.15, 0.2) is 0 Å². The van der Waals surface area contributed by atoms with Gasteiger partial charge in [-0.2, -0.15) is 0 Å². The average Bonchev–Trinajstić information content (AvgIpc) is 2.38. The first-order valence-electron chi connectivity index (χ1n) is 6.72. The molecule has 0 bridgehead atoms. The Morgan fingerprint density at radius 3 is 1.57 bits per heavy atom. The van der Waals surface area contributed by atoms with Crippen LogP contribution < -0.4 is 21.3 Å². The van der Waals surface area contributed by atoms with Gasteiger partial charge in [0.05, 0.1) is 26.1 Å². The number of ether oxygens (including phenoxy) is 1. The summed E-state index contributed by atoms with van der Waals surface area (Å²) in [5.41, 5.74) is 0. The van der Waals surface area contributed by atoms with E-state index in [4.69, 9.17) is 29.2 Å². The molecule has 120 valence electrons. The Morgan fingerprint density at radius 2 is 1.24 bits per heavy atom. The van der Waals surface area contributed by atoms with Gasteiger partial charge in [-0.25, -0.2) is 0 Å². The predicted octanol–water partition coefficient (Wildman–Crippen LogP) is -0.196. The van der Waals surface area contributed by atoms with Crippen LogP contribution in [0.25, 0.3) is 0 Å². The van der Waals surface area contributed by atoms with Gasteiger partial charge in [0.25, 0.3) is 0 Å². The molecule has 0 heterocycles. The van der Waals surface area contributed by atoms with E-state index >= 15 is 0 Å². The molecule has 0 aliphatic heterocycles. The summed E-state index contributed by atoms with van der Waals surface area (Å²) in [4.78, 5) is 22.8. The van der Waals surface area contributed by atoms with Crippen molar-refractivity contribution in [2.45, 2.75) is 26.7 Å². The molecular weight excluding hydrogens is 312 g/mol. The normalized spacial score (nSPS) is 9.62. The molecule has 2 amide bonds. The number of carbonyl (C=O) groups excluding carboxylic acids is 2. The monoisotopic (exact) mass is 334 g/mol. The van der Waals surface area contributed by atoms with Crippen LogP contribution in [0.3, 0.4) is 0 Å². The van der Waals surface area contributed by atoms with Crippen LogP contribution in [0.2, 0.25) is 0 Å². The molecule has 0 aromatic rings. The van der Waals surface area contributed by atoms with E-state index in [0.29, 0.717) is 23.3 Å². The first-order valence-corrected chi connectivity index (χ1v) is 7.54. The number of hydrogen-bond acceptors (Lipinski definition) is 5. The molecule has 0 saturated carbocycles. The van der Waals surface area contributed by atoms with Crippen LogP contribution in [0.5, 0.6) is 0 Å². The van der Waals surface area contributed by atoms with Gasteiger partial charge in [-0.05, 0) is 38.3 Å². The maximum Gasteiger partial charge on any atom is 0.228 e. The molecule has 0 unspecified atom stereocenters. The van der Waals surface area contributed by atoms with Crippen molar-refractivity contribution < 1.29 is 14.3 Å². The van der Waals surface area contributed by atoms with E-state index < -0.39 is 0 Å². The molecule has 0 saturated heterocycles. The van der Waals surface area contributed by atoms with Gasteiger partial charge in [0.2, 0.25) is 11.8 Å². The van der Waals surface area contributed by atoms with Gasteiger partial charge < -0.3 is 26.0 Å². The summed E-state index contributed by atoms with van der Waals surface area (Å²) in [5, 5.41) is 11.3. The molecule has 4 N–H and O–H groups in total. The highest BCUT2D eigenvalue weighted by molar-refractivity contribution is 7.80. The van der Waals surface area contributed by atoms with Crippen molar-refractivity contribution in [2.24, 2.45) is 0 Å². The van der Waals surface area contributed by atoms with E-state index in [9.17, 15) is 9.59 Å². The highest BCUT2D eigenvalue weighted by Gasteiger charge is 2.06. The summed E-state index contributed by atoms with van der Waals surface area (Å²) < 4.78 is 5.21. The standard InChI is InChI=1S/C12H22N4O3S2/c1-3-13-11(20)15-9(17)5-7-19-8-6-10(18)16-12(21)14-4-2/h3-8H2,1-2H3,(H2,13,15,17,20)(H2,14,16,18,21). The van der Waals surface area contributed by atoms with Crippen molar-refractivity contribution in [3.05, 3.63) is 0 Å². The number of thiocarbonyl (C=S) groups is 2. The molecule has 0 spiro atoms. The van der Waals surface area contributed by atoms with Gasteiger partial charge in [0.15, 0.2) is 10.2 Å². The van der Waals surface area contributed by atoms with Gasteiger partial charge in [-0.1, -0.05) is 0 Å². The van der Waals surface area contributed by atoms with Crippen molar-refractivity contribution in [3.8, 4) is 0 Å². The van der Waals surface area contributed by atoms with Gasteiger partial charge in [0.1, 0.15) is 0 Å². The van der Waals surface area contributed by atoms with E-state index in [-0.39, 0.29) is 37.9 Å². The molecule has 0 aliphatic rings. The Kier molecular flexibility index (Phi) is 11.6. The molecule has 0 radical (unpaired) electrons. The highest BCUT2D eigenvalue weighted by Crippen LogP contribution is 1.88. The average molecular weight is 334 g/mol. The van der Waals surface area contributed by atoms with Crippen molar-refractivity contribution in [1.82, 2.24) is 21.3 Å². The maximum atomic E-state index is 11.4. The zero-order valence-electron chi connectivity index (χ0n) is 12.3. The molecule has 0 fully saturated rings. The quantitative estimate of drug-likeness (QED) is 0.361. The Balaban J connectivity index is 3.59. The van der Waals surface area contributed by atoms with Gasteiger partial charge in [0, 0.05) is 13.1 Å². The third kappa shape index (κ3) is 12.2. The van der Waals surface area contributed by atoms with Crippen molar-refractivity contribution in [2.75, 3.05) is 26.3 Å². The van der Waals surface area contributed by atoms with Crippen molar-refractivity contribution >= 4 is 46.5 Å². The lowest BCUT2D eigenvalue weighted by molar-refractivity contribution is -0.121. The molecule has 9 heteroatoms. The topological polar surface area (TPSA) is 91.5 Å². The zero-order chi connectivity index (χ0) is 16.1. The highest BCUT2D eigenvalue weighted by atomic mass is 32.1. The lowest BCUT2D eigenvalue weighted by atomic mass is 10.4. The van der Waals surface area contributed by atoms with Crippen LogP contribution in [0.1, 0.15) is 26.7 Å². The summed E-state index contributed by atoms with van der Waals surface area (Å²) in [6, 6.07) is 0. The summed E-state index contributed by atoms with van der Waals surface area (Å²) in [6.45, 7) is 5.53. The Bertz CT molecular complexity index is 344. The minimum Gasteiger partial charge on any atom is -0.380 e. The summed E-state index contributed by atoms with van der Waals surface area (Å²) in [7, 11) is 0. The molecule has 21 heavy (non-hydrogen) atoms. The van der Waals surface area contributed by atoms with Crippen LogP contribution in [-0.2, 0) is 14.3 Å². The minimum absolute atomic E-state index is 0.183. The second-order valence-corrected chi connectivity index (χ2v) is 4.74. The van der Waals surface area contributed by atoms with Crippen molar-refractivity contribution in [1.29, 1.82) is 0 Å². The van der Waals surface area contributed by atoms with E-state index in [1.54, 1.807) is 0 Å². The van der Waals surface area contributed by atoms with Crippen LogP contribution >= 0.6 is 24.4 Å². The largest absolute Gasteiger partial charge is 0.380 e. The molecule has 0 aromatic carbocycles. The van der Waals surface area contributed by atoms with E-state index in [1.165, 1.54) is 0 Å². The third-order valence-electron chi connectivity index (χ3n) is 2.13. The lowest BCUT2D eigenvalue weighted by Crippen LogP contribution is -2.39. The smallest absolute Gasteiger partial charge is 0.228 e. The first-order chi connectivity index (χ1) is 9.99. The van der Waals surface area contributed by atoms with Gasteiger partial charge in [-0.15, -0.1) is 0 Å². The van der Waals surface area contributed by atoms with E-state index in [0.717, 1.165) is 0 Å². The Labute approximate surface area is 135 Å². The fourth-order valence-corrected chi connectivity index (χ4v) is 1.74. The summed E-state index contributed by atoms with van der Waals surface area (Å²) in [5.74, 6) is -0.447. The minimum atomic E-state index is -0.223. The first kappa shape index (κ1) is 19.7. The SMILES string of the molecule is CCNC(=S)NC(=O)CCOCCC(=O)NC(=S)NCC. The van der Waals surface area contributed by atoms with Crippen LogP contribution in [0.4, 0.5) is 0 Å². The van der Waals surface area contributed by atoms with Crippen LogP contribution in [0, 0.1) is 0 Å². The fraction of sp³-hybridized carbons (Fsp3) is 0.667. The molecule has 7 nitrogen and oxygen atoms in total. The molecule has 0 atom stereocenters. The third-order valence-corrected chi connectivity index (χ3v) is 2.62. The van der Waals surface area contributed by atoms with Gasteiger partial charge >= 0.3 is 0 Å². The molecule has 0 aliphatic carbocycles. The number of carbonyl (C=O) groups is 2. The lowest BCUT2D eigenvalue weighted by Gasteiger charge is -2.09. The van der Waals surface area contributed by atoms with E-state index in [1.807, 2.05) is 13.8 Å². The molecule has 0 aromatic heterocycles. The second-order valence-electron chi connectivity index (χ2n) is 3.93.